The van der Waals surface area contributed by atoms with Crippen molar-refractivity contribution in [1.82, 2.24) is 14.9 Å². The lowest BCUT2D eigenvalue weighted by molar-refractivity contribution is -0.126. The Kier molecular flexibility index (Phi) is 6.50. The molecule has 2 heterocycles. The van der Waals surface area contributed by atoms with Gasteiger partial charge in [-0.05, 0) is 48.2 Å². The Bertz CT molecular complexity index is 1100. The molecular weight excluding hydrogens is 424 g/mol. The topological polar surface area (TPSA) is 76.5 Å². The number of aryl methyl sites for hydroxylation is 1. The van der Waals surface area contributed by atoms with Gasteiger partial charge < -0.3 is 19.5 Å². The number of carbonyl (C=O) groups excluding carboxylic acids is 2. The second-order valence-electron chi connectivity index (χ2n) is 7.71. The SMILES string of the molecule is COc1ccc([C@@H](NC(=O)[C@@H]2CC(=O)N(c3ccc(SC)cc3)C2)c2nccn2C)cc1. The van der Waals surface area contributed by atoms with Gasteiger partial charge in [0, 0.05) is 43.0 Å². The first-order valence-corrected chi connectivity index (χ1v) is 11.6. The normalized spacial score (nSPS) is 16.8. The standard InChI is InChI=1S/C24H26N4O3S/c1-27-13-12-25-23(27)22(16-4-8-19(31-2)9-5-16)26-24(30)17-14-21(29)28(15-17)18-6-10-20(32-3)11-7-18/h4-13,17,22H,14-15H2,1-3H3,(H,26,30)/t17-,22-/m1/s1. The zero-order valence-electron chi connectivity index (χ0n) is 18.3. The summed E-state index contributed by atoms with van der Waals surface area (Å²) in [5.74, 6) is 0.828. The van der Waals surface area contributed by atoms with E-state index in [0.717, 1.165) is 27.7 Å². The van der Waals surface area contributed by atoms with Crippen LogP contribution in [0.3, 0.4) is 0 Å². The average Bonchev–Trinajstić information content (AvgIpc) is 3.43. The van der Waals surface area contributed by atoms with E-state index in [1.807, 2.05) is 72.6 Å². The smallest absolute Gasteiger partial charge is 0.227 e. The highest BCUT2D eigenvalue weighted by atomic mass is 32.2. The number of carbonyl (C=O) groups is 2. The van der Waals surface area contributed by atoms with Gasteiger partial charge in [0.25, 0.3) is 0 Å². The highest BCUT2D eigenvalue weighted by Gasteiger charge is 2.36. The van der Waals surface area contributed by atoms with Crippen molar-refractivity contribution in [2.24, 2.45) is 13.0 Å². The number of nitrogens with one attached hydrogen (secondary N) is 1. The van der Waals surface area contributed by atoms with Crippen LogP contribution < -0.4 is 15.0 Å². The van der Waals surface area contributed by atoms with Crippen LogP contribution in [-0.2, 0) is 16.6 Å². The lowest BCUT2D eigenvalue weighted by atomic mass is 10.0. The van der Waals surface area contributed by atoms with Crippen LogP contribution in [0.1, 0.15) is 23.9 Å². The summed E-state index contributed by atoms with van der Waals surface area (Å²) in [5, 5.41) is 3.12. The molecule has 4 rings (SSSR count). The third-order valence-electron chi connectivity index (χ3n) is 5.73. The highest BCUT2D eigenvalue weighted by Crippen LogP contribution is 2.29. The molecule has 32 heavy (non-hydrogen) atoms. The molecule has 0 unspecified atom stereocenters. The molecule has 8 heteroatoms. The first kappa shape index (κ1) is 22.0. The molecule has 0 aliphatic carbocycles. The zero-order chi connectivity index (χ0) is 22.7. The lowest BCUT2D eigenvalue weighted by Crippen LogP contribution is -2.37. The second-order valence-corrected chi connectivity index (χ2v) is 8.59. The maximum atomic E-state index is 13.2. The van der Waals surface area contributed by atoms with Crippen LogP contribution in [0.2, 0.25) is 0 Å². The minimum Gasteiger partial charge on any atom is -0.497 e. The second kappa shape index (κ2) is 9.48. The number of anilines is 1. The van der Waals surface area contributed by atoms with Crippen molar-refractivity contribution in [2.45, 2.75) is 17.4 Å². The average molecular weight is 451 g/mol. The molecule has 2 aromatic carbocycles. The van der Waals surface area contributed by atoms with E-state index in [0.29, 0.717) is 6.54 Å². The van der Waals surface area contributed by atoms with Gasteiger partial charge in [-0.25, -0.2) is 4.98 Å². The molecule has 1 aliphatic heterocycles. The quantitative estimate of drug-likeness (QED) is 0.559. The number of amides is 2. The fraction of sp³-hybridized carbons (Fsp3) is 0.292. The zero-order valence-corrected chi connectivity index (χ0v) is 19.1. The Morgan fingerprint density at radius 1 is 1.19 bits per heavy atom. The first-order chi connectivity index (χ1) is 15.5. The Balaban J connectivity index is 1.53. The number of nitrogens with zero attached hydrogens (tertiary/aromatic N) is 3. The molecule has 0 radical (unpaired) electrons. The number of hydrogen-bond donors (Lipinski definition) is 1. The molecule has 3 aromatic rings. The maximum absolute atomic E-state index is 13.2. The first-order valence-electron chi connectivity index (χ1n) is 10.4. The highest BCUT2D eigenvalue weighted by molar-refractivity contribution is 7.98. The minimum absolute atomic E-state index is 0.0416. The summed E-state index contributed by atoms with van der Waals surface area (Å²) in [5.41, 5.74) is 1.71. The number of ether oxygens (including phenoxy) is 1. The van der Waals surface area contributed by atoms with E-state index in [1.165, 1.54) is 0 Å². The number of methoxy groups -OCH3 is 1. The molecule has 0 spiro atoms. The fourth-order valence-electron chi connectivity index (χ4n) is 3.90. The van der Waals surface area contributed by atoms with Crippen LogP contribution in [0.5, 0.6) is 5.75 Å². The molecular formula is C24H26N4O3S. The van der Waals surface area contributed by atoms with Crippen molar-refractivity contribution >= 4 is 29.3 Å². The van der Waals surface area contributed by atoms with Gasteiger partial charge in [0.15, 0.2) is 0 Å². The van der Waals surface area contributed by atoms with E-state index in [9.17, 15) is 9.59 Å². The van der Waals surface area contributed by atoms with Crippen molar-refractivity contribution in [1.29, 1.82) is 0 Å². The van der Waals surface area contributed by atoms with Crippen LogP contribution in [-0.4, -0.2) is 41.3 Å². The summed E-state index contributed by atoms with van der Waals surface area (Å²) >= 11 is 1.65. The van der Waals surface area contributed by atoms with Crippen LogP contribution in [0.25, 0.3) is 0 Å². The van der Waals surface area contributed by atoms with Gasteiger partial charge in [0.2, 0.25) is 11.8 Å². The van der Waals surface area contributed by atoms with Crippen molar-refractivity contribution < 1.29 is 14.3 Å². The largest absolute Gasteiger partial charge is 0.497 e. The van der Waals surface area contributed by atoms with E-state index in [4.69, 9.17) is 4.74 Å². The summed E-state index contributed by atoms with van der Waals surface area (Å²) in [7, 11) is 3.51. The van der Waals surface area contributed by atoms with E-state index in [1.54, 1.807) is 30.0 Å². The predicted octanol–water partition coefficient (Wildman–Crippen LogP) is 3.41. The monoisotopic (exact) mass is 450 g/mol. The van der Waals surface area contributed by atoms with Crippen molar-refractivity contribution in [2.75, 3.05) is 24.8 Å². The number of benzene rings is 2. The Labute approximate surface area is 191 Å². The van der Waals surface area contributed by atoms with Crippen LogP contribution in [0.4, 0.5) is 5.69 Å². The van der Waals surface area contributed by atoms with Gasteiger partial charge in [-0.2, -0.15) is 0 Å². The third kappa shape index (κ3) is 4.50. The minimum atomic E-state index is -0.432. The Morgan fingerprint density at radius 3 is 2.50 bits per heavy atom. The molecule has 2 atom stereocenters. The molecule has 0 bridgehead atoms. The summed E-state index contributed by atoms with van der Waals surface area (Å²) in [6.07, 6.45) is 5.75. The van der Waals surface area contributed by atoms with E-state index in [-0.39, 0.29) is 18.2 Å². The van der Waals surface area contributed by atoms with Gasteiger partial charge in [-0.15, -0.1) is 11.8 Å². The summed E-state index contributed by atoms with van der Waals surface area (Å²) in [6, 6.07) is 14.9. The predicted molar refractivity (Wildman–Crippen MR) is 125 cm³/mol. The fourth-order valence-corrected chi connectivity index (χ4v) is 4.31. The molecule has 2 amide bonds. The molecule has 1 aliphatic rings. The van der Waals surface area contributed by atoms with Gasteiger partial charge in [0.1, 0.15) is 17.6 Å². The van der Waals surface area contributed by atoms with E-state index < -0.39 is 12.0 Å². The molecule has 1 fully saturated rings. The van der Waals surface area contributed by atoms with Gasteiger partial charge in [0.05, 0.1) is 13.0 Å². The van der Waals surface area contributed by atoms with Crippen molar-refractivity contribution in [3.8, 4) is 5.75 Å². The number of thioether (sulfide) groups is 1. The lowest BCUT2D eigenvalue weighted by Gasteiger charge is -2.22. The third-order valence-corrected chi connectivity index (χ3v) is 6.48. The van der Waals surface area contributed by atoms with Crippen molar-refractivity contribution in [3.63, 3.8) is 0 Å². The van der Waals surface area contributed by atoms with Crippen LogP contribution in [0, 0.1) is 5.92 Å². The number of hydrogen-bond acceptors (Lipinski definition) is 5. The maximum Gasteiger partial charge on any atom is 0.227 e. The van der Waals surface area contributed by atoms with E-state index >= 15 is 0 Å². The summed E-state index contributed by atoms with van der Waals surface area (Å²) < 4.78 is 7.14. The number of imidazole rings is 1. The van der Waals surface area contributed by atoms with Gasteiger partial charge >= 0.3 is 0 Å². The number of aromatic nitrogens is 2. The Hall–Kier alpha value is -3.26. The Morgan fingerprint density at radius 2 is 1.91 bits per heavy atom. The molecule has 7 nitrogen and oxygen atoms in total. The molecule has 166 valence electrons. The summed E-state index contributed by atoms with van der Waals surface area (Å²) in [4.78, 5) is 33.2. The summed E-state index contributed by atoms with van der Waals surface area (Å²) in [6.45, 7) is 0.360. The van der Waals surface area contributed by atoms with Crippen LogP contribution >= 0.6 is 11.8 Å². The number of rotatable bonds is 7. The molecule has 1 aromatic heterocycles. The molecule has 1 N–H and O–H groups in total. The van der Waals surface area contributed by atoms with Crippen LogP contribution in [0.15, 0.2) is 65.8 Å². The van der Waals surface area contributed by atoms with Gasteiger partial charge in [-0.3, -0.25) is 9.59 Å². The van der Waals surface area contributed by atoms with E-state index in [2.05, 4.69) is 10.3 Å². The molecule has 0 saturated carbocycles. The van der Waals surface area contributed by atoms with Crippen molar-refractivity contribution in [3.05, 3.63) is 72.3 Å². The molecule has 1 saturated heterocycles. The van der Waals surface area contributed by atoms with Gasteiger partial charge in [-0.1, -0.05) is 12.1 Å².